The zero-order chi connectivity index (χ0) is 11.4. The van der Waals surface area contributed by atoms with Gasteiger partial charge >= 0.3 is 5.97 Å². The number of carbonyl (C=O) groups is 1. The van der Waals surface area contributed by atoms with Gasteiger partial charge in [0.2, 0.25) is 0 Å². The van der Waals surface area contributed by atoms with Crippen molar-refractivity contribution >= 4 is 17.3 Å². The summed E-state index contributed by atoms with van der Waals surface area (Å²) in [5, 5.41) is 12.0. The summed E-state index contributed by atoms with van der Waals surface area (Å²) >= 11 is 0. The van der Waals surface area contributed by atoms with Crippen LogP contribution in [0.2, 0.25) is 0 Å². The monoisotopic (exact) mass is 212 g/mol. The van der Waals surface area contributed by atoms with E-state index in [9.17, 15) is 4.79 Å². The van der Waals surface area contributed by atoms with Gasteiger partial charge in [0.05, 0.1) is 11.3 Å². The van der Waals surface area contributed by atoms with Gasteiger partial charge in [0.25, 0.3) is 0 Å². The molecule has 0 unspecified atom stereocenters. The molecule has 0 heterocycles. The third kappa shape index (κ3) is 2.20. The highest BCUT2D eigenvalue weighted by molar-refractivity contribution is 5.94. The molecule has 2 aromatic rings. The highest BCUT2D eigenvalue weighted by atomic mass is 16.4. The number of aromatic carboxylic acids is 1. The number of rotatable bonds is 3. The molecule has 0 aromatic heterocycles. The molecule has 0 aliphatic rings. The molecule has 16 heavy (non-hydrogen) atoms. The predicted molar refractivity (Wildman–Crippen MR) is 62.0 cm³/mol. The van der Waals surface area contributed by atoms with E-state index < -0.39 is 5.97 Å². The lowest BCUT2D eigenvalue weighted by Gasteiger charge is -2.08. The molecule has 0 atom stereocenters. The first-order chi connectivity index (χ1) is 7.77. The smallest absolute Gasteiger partial charge is 0.337 e. The molecule has 0 bridgehead atoms. The number of hydrogen-bond donors (Lipinski definition) is 2. The first-order valence-corrected chi connectivity index (χ1v) is 4.83. The summed E-state index contributed by atoms with van der Waals surface area (Å²) in [6.07, 6.45) is 0. The van der Waals surface area contributed by atoms with Gasteiger partial charge in [-0.1, -0.05) is 30.3 Å². The van der Waals surface area contributed by atoms with Gasteiger partial charge in [0, 0.05) is 11.8 Å². The largest absolute Gasteiger partial charge is 0.478 e. The third-order valence-corrected chi connectivity index (χ3v) is 2.13. The molecule has 0 aliphatic heterocycles. The first-order valence-electron chi connectivity index (χ1n) is 4.83. The molecular formula is C13H10NO2. The summed E-state index contributed by atoms with van der Waals surface area (Å²) in [7, 11) is 0. The lowest BCUT2D eigenvalue weighted by atomic mass is 10.1. The Balaban J connectivity index is 2.31. The minimum absolute atomic E-state index is 0.214. The van der Waals surface area contributed by atoms with Crippen molar-refractivity contribution in [3.05, 3.63) is 60.2 Å². The van der Waals surface area contributed by atoms with Crippen LogP contribution in [0.1, 0.15) is 10.4 Å². The number of carboxylic acids is 1. The second-order valence-electron chi connectivity index (χ2n) is 3.25. The standard InChI is InChI=1S/C13H10NO2/c15-13(16)11-8-4-5-9-12(11)14-10-6-2-1-3-7-10/h1-8,14H,(H,15,16). The Labute approximate surface area is 93.4 Å². The average Bonchev–Trinajstić information content (AvgIpc) is 2.31. The number of benzene rings is 2. The lowest BCUT2D eigenvalue weighted by Crippen LogP contribution is -2.02. The molecule has 0 amide bonds. The third-order valence-electron chi connectivity index (χ3n) is 2.13. The molecule has 79 valence electrons. The van der Waals surface area contributed by atoms with Crippen LogP contribution in [0, 0.1) is 6.07 Å². The van der Waals surface area contributed by atoms with Gasteiger partial charge in [-0.05, 0) is 18.2 Å². The Morgan fingerprint density at radius 3 is 2.56 bits per heavy atom. The van der Waals surface area contributed by atoms with Crippen molar-refractivity contribution < 1.29 is 9.90 Å². The van der Waals surface area contributed by atoms with Crippen LogP contribution >= 0.6 is 0 Å². The highest BCUT2D eigenvalue weighted by Crippen LogP contribution is 2.19. The normalized spacial score (nSPS) is 9.75. The van der Waals surface area contributed by atoms with Crippen LogP contribution in [-0.4, -0.2) is 11.1 Å². The van der Waals surface area contributed by atoms with E-state index in [-0.39, 0.29) is 5.56 Å². The number of nitrogens with one attached hydrogen (secondary N) is 1. The summed E-state index contributed by atoms with van der Waals surface area (Å²) in [4.78, 5) is 11.0. The van der Waals surface area contributed by atoms with Crippen LogP contribution in [-0.2, 0) is 0 Å². The topological polar surface area (TPSA) is 49.3 Å². The van der Waals surface area contributed by atoms with E-state index in [1.54, 1.807) is 18.2 Å². The Morgan fingerprint density at radius 1 is 1.12 bits per heavy atom. The van der Waals surface area contributed by atoms with E-state index in [0.29, 0.717) is 5.69 Å². The van der Waals surface area contributed by atoms with Gasteiger partial charge in [-0.15, -0.1) is 0 Å². The Hall–Kier alpha value is -2.29. The summed E-state index contributed by atoms with van der Waals surface area (Å²) in [6.45, 7) is 0. The van der Waals surface area contributed by atoms with Crippen molar-refractivity contribution in [3.63, 3.8) is 0 Å². The molecule has 0 fully saturated rings. The minimum Gasteiger partial charge on any atom is -0.478 e. The molecule has 0 saturated carbocycles. The van der Waals surface area contributed by atoms with Gasteiger partial charge in [-0.25, -0.2) is 4.79 Å². The summed E-state index contributed by atoms with van der Waals surface area (Å²) in [5.74, 6) is -0.963. The maximum absolute atomic E-state index is 11.0. The molecule has 2 aromatic carbocycles. The number of para-hydroxylation sites is 2. The van der Waals surface area contributed by atoms with Crippen molar-refractivity contribution in [2.45, 2.75) is 0 Å². The van der Waals surface area contributed by atoms with Gasteiger partial charge in [0.15, 0.2) is 0 Å². The summed E-state index contributed by atoms with van der Waals surface area (Å²) in [5.41, 5.74) is 1.53. The van der Waals surface area contributed by atoms with E-state index >= 15 is 0 Å². The first kappa shape index (κ1) is 10.2. The van der Waals surface area contributed by atoms with Crippen molar-refractivity contribution in [1.82, 2.24) is 0 Å². The maximum atomic E-state index is 11.0. The Bertz CT molecular complexity index is 494. The van der Waals surface area contributed by atoms with Crippen LogP contribution in [0.25, 0.3) is 0 Å². The predicted octanol–water partition coefficient (Wildman–Crippen LogP) is 2.93. The van der Waals surface area contributed by atoms with Crippen molar-refractivity contribution in [3.8, 4) is 0 Å². The van der Waals surface area contributed by atoms with Gasteiger partial charge in [0.1, 0.15) is 0 Å². The van der Waals surface area contributed by atoms with Crippen LogP contribution in [0.4, 0.5) is 11.4 Å². The summed E-state index contributed by atoms with van der Waals surface area (Å²) in [6, 6.07) is 17.1. The SMILES string of the molecule is O=C(O)c1ccc[c]c1Nc1ccccc1. The number of hydrogen-bond acceptors (Lipinski definition) is 2. The van der Waals surface area contributed by atoms with E-state index in [4.69, 9.17) is 5.11 Å². The minimum atomic E-state index is -0.963. The molecule has 2 N–H and O–H groups in total. The molecule has 1 radical (unpaired) electrons. The quantitative estimate of drug-likeness (QED) is 0.822. The summed E-state index contributed by atoms with van der Waals surface area (Å²) < 4.78 is 0. The van der Waals surface area contributed by atoms with Gasteiger partial charge in [-0.2, -0.15) is 0 Å². The fourth-order valence-corrected chi connectivity index (χ4v) is 1.38. The Kier molecular flexibility index (Phi) is 2.87. The van der Waals surface area contributed by atoms with Crippen LogP contribution in [0.5, 0.6) is 0 Å². The van der Waals surface area contributed by atoms with Crippen molar-refractivity contribution in [2.24, 2.45) is 0 Å². The molecule has 3 heteroatoms. The molecular weight excluding hydrogens is 202 g/mol. The molecule has 0 spiro atoms. The van der Waals surface area contributed by atoms with Crippen molar-refractivity contribution in [1.29, 1.82) is 0 Å². The second kappa shape index (κ2) is 4.49. The zero-order valence-corrected chi connectivity index (χ0v) is 8.47. The highest BCUT2D eigenvalue weighted by Gasteiger charge is 2.08. The van der Waals surface area contributed by atoms with Crippen LogP contribution < -0.4 is 5.32 Å². The second-order valence-corrected chi connectivity index (χ2v) is 3.25. The molecule has 0 saturated heterocycles. The van der Waals surface area contributed by atoms with Gasteiger partial charge in [-0.3, -0.25) is 0 Å². The molecule has 3 nitrogen and oxygen atoms in total. The number of anilines is 2. The van der Waals surface area contributed by atoms with Crippen LogP contribution in [0.15, 0.2) is 48.5 Å². The number of carboxylic acid groups (broad SMARTS) is 1. The van der Waals surface area contributed by atoms with Crippen molar-refractivity contribution in [2.75, 3.05) is 5.32 Å². The van der Waals surface area contributed by atoms with E-state index in [1.807, 2.05) is 30.3 Å². The maximum Gasteiger partial charge on any atom is 0.337 e. The Morgan fingerprint density at radius 2 is 1.88 bits per heavy atom. The zero-order valence-electron chi connectivity index (χ0n) is 8.47. The fourth-order valence-electron chi connectivity index (χ4n) is 1.38. The average molecular weight is 212 g/mol. The van der Waals surface area contributed by atoms with E-state index in [0.717, 1.165) is 5.69 Å². The fraction of sp³-hybridized carbons (Fsp3) is 0. The van der Waals surface area contributed by atoms with E-state index in [2.05, 4.69) is 11.4 Å². The lowest BCUT2D eigenvalue weighted by molar-refractivity contribution is 0.0698. The molecule has 0 aliphatic carbocycles. The molecule has 2 rings (SSSR count). The van der Waals surface area contributed by atoms with Gasteiger partial charge < -0.3 is 10.4 Å². The van der Waals surface area contributed by atoms with E-state index in [1.165, 1.54) is 0 Å². The van der Waals surface area contributed by atoms with Crippen LogP contribution in [0.3, 0.4) is 0 Å².